The van der Waals surface area contributed by atoms with Gasteiger partial charge in [0.25, 0.3) is 5.91 Å². The fraction of sp³-hybridized carbons (Fsp3) is 0.810. The summed E-state index contributed by atoms with van der Waals surface area (Å²) in [7, 11) is 0. The van der Waals surface area contributed by atoms with Gasteiger partial charge < -0.3 is 18.9 Å². The van der Waals surface area contributed by atoms with E-state index in [1.54, 1.807) is 6.92 Å². The quantitative estimate of drug-likeness (QED) is 0.711. The van der Waals surface area contributed by atoms with E-state index < -0.39 is 0 Å². The number of nitrogens with zero attached hydrogens (tertiary/aromatic N) is 2. The van der Waals surface area contributed by atoms with Gasteiger partial charge in [-0.2, -0.15) is 0 Å². The lowest BCUT2D eigenvalue weighted by atomic mass is 9.78. The van der Waals surface area contributed by atoms with Crippen molar-refractivity contribution in [3.8, 4) is 0 Å². The van der Waals surface area contributed by atoms with E-state index in [4.69, 9.17) is 14.0 Å². The molecule has 1 spiro atoms. The lowest BCUT2D eigenvalue weighted by Crippen LogP contribution is -2.51. The Morgan fingerprint density at radius 1 is 1.22 bits per heavy atom. The summed E-state index contributed by atoms with van der Waals surface area (Å²) in [4.78, 5) is 14.8. The molecule has 4 rings (SSSR count). The number of ether oxygens (including phenoxy) is 2. The number of piperidine rings is 1. The van der Waals surface area contributed by atoms with E-state index >= 15 is 0 Å². The molecule has 1 saturated carbocycles. The van der Waals surface area contributed by atoms with Gasteiger partial charge in [-0.1, -0.05) is 5.16 Å². The van der Waals surface area contributed by atoms with Crippen molar-refractivity contribution in [2.75, 3.05) is 32.9 Å². The van der Waals surface area contributed by atoms with Crippen LogP contribution in [0.5, 0.6) is 0 Å². The SMILES string of the molecule is Cc1noc(C)c1C(=O)N1CCC2(CC1)CC(CCOCC1CC1)CCO2. The lowest BCUT2D eigenvalue weighted by Gasteiger charge is -2.46. The molecule has 27 heavy (non-hydrogen) atoms. The number of aromatic nitrogens is 1. The number of hydrogen-bond acceptors (Lipinski definition) is 5. The molecule has 0 bridgehead atoms. The summed E-state index contributed by atoms with van der Waals surface area (Å²) in [5.74, 6) is 2.17. The van der Waals surface area contributed by atoms with E-state index in [0.717, 1.165) is 70.9 Å². The molecule has 150 valence electrons. The van der Waals surface area contributed by atoms with E-state index in [1.807, 2.05) is 11.8 Å². The smallest absolute Gasteiger partial charge is 0.259 e. The van der Waals surface area contributed by atoms with Crippen molar-refractivity contribution >= 4 is 5.91 Å². The van der Waals surface area contributed by atoms with Gasteiger partial charge in [-0.3, -0.25) is 4.79 Å². The number of carbonyl (C=O) groups excluding carboxylic acids is 1. The molecule has 1 atom stereocenters. The predicted molar refractivity (Wildman–Crippen MR) is 101 cm³/mol. The van der Waals surface area contributed by atoms with Crippen LogP contribution in [0, 0.1) is 25.7 Å². The molecule has 0 radical (unpaired) electrons. The molecule has 3 fully saturated rings. The number of amides is 1. The summed E-state index contributed by atoms with van der Waals surface area (Å²) in [5.41, 5.74) is 1.26. The second-order valence-electron chi connectivity index (χ2n) is 8.69. The molecule has 3 aliphatic rings. The Bertz CT molecular complexity index is 640. The highest BCUT2D eigenvalue weighted by atomic mass is 16.5. The van der Waals surface area contributed by atoms with Crippen molar-refractivity contribution in [2.45, 2.75) is 64.4 Å². The van der Waals surface area contributed by atoms with Crippen molar-refractivity contribution in [2.24, 2.45) is 11.8 Å². The lowest BCUT2D eigenvalue weighted by molar-refractivity contribution is -0.126. The molecule has 0 aromatic carbocycles. The summed E-state index contributed by atoms with van der Waals surface area (Å²) in [6, 6.07) is 0. The van der Waals surface area contributed by atoms with Gasteiger partial charge in [0.05, 0.1) is 11.3 Å². The Hall–Kier alpha value is -1.40. The predicted octanol–water partition coefficient (Wildman–Crippen LogP) is 3.51. The normalized spacial score (nSPS) is 25.1. The number of hydrogen-bond donors (Lipinski definition) is 0. The van der Waals surface area contributed by atoms with Crippen LogP contribution < -0.4 is 0 Å². The Labute approximate surface area is 161 Å². The molecule has 1 aliphatic carbocycles. The molecular formula is C21H32N2O4. The molecular weight excluding hydrogens is 344 g/mol. The molecule has 3 heterocycles. The summed E-state index contributed by atoms with van der Waals surface area (Å²) >= 11 is 0. The van der Waals surface area contributed by atoms with Crippen LogP contribution >= 0.6 is 0 Å². The van der Waals surface area contributed by atoms with E-state index in [1.165, 1.54) is 12.8 Å². The Morgan fingerprint density at radius 2 is 2.00 bits per heavy atom. The zero-order valence-electron chi connectivity index (χ0n) is 16.7. The van der Waals surface area contributed by atoms with Gasteiger partial charge in [0.1, 0.15) is 11.3 Å². The molecule has 1 amide bonds. The third kappa shape index (κ3) is 4.37. The zero-order valence-corrected chi connectivity index (χ0v) is 16.7. The average molecular weight is 376 g/mol. The topological polar surface area (TPSA) is 64.8 Å². The number of aryl methyl sites for hydroxylation is 2. The largest absolute Gasteiger partial charge is 0.381 e. The maximum absolute atomic E-state index is 12.8. The van der Waals surface area contributed by atoms with E-state index in [9.17, 15) is 4.79 Å². The first kappa shape index (κ1) is 18.9. The standard InChI is InChI=1S/C21H32N2O4/c1-15-19(16(2)27-22-15)20(24)23-9-7-21(8-10-23)13-17(6-12-26-21)5-11-25-14-18-3-4-18/h17-18H,3-14H2,1-2H3. The van der Waals surface area contributed by atoms with Gasteiger partial charge >= 0.3 is 0 Å². The van der Waals surface area contributed by atoms with Crippen LogP contribution in [0.15, 0.2) is 4.52 Å². The maximum Gasteiger partial charge on any atom is 0.259 e. The second kappa shape index (κ2) is 7.92. The highest BCUT2D eigenvalue weighted by Gasteiger charge is 2.41. The molecule has 6 heteroatoms. The van der Waals surface area contributed by atoms with Crippen molar-refractivity contribution in [3.05, 3.63) is 17.0 Å². The van der Waals surface area contributed by atoms with Crippen molar-refractivity contribution < 1.29 is 18.8 Å². The van der Waals surface area contributed by atoms with Gasteiger partial charge in [-0.25, -0.2) is 0 Å². The minimum atomic E-state index is -0.0467. The van der Waals surface area contributed by atoms with Gasteiger partial charge in [0, 0.05) is 32.9 Å². The highest BCUT2D eigenvalue weighted by Crippen LogP contribution is 2.39. The third-order valence-corrected chi connectivity index (χ3v) is 6.53. The third-order valence-electron chi connectivity index (χ3n) is 6.53. The van der Waals surface area contributed by atoms with Crippen LogP contribution in [0.2, 0.25) is 0 Å². The van der Waals surface area contributed by atoms with E-state index in [-0.39, 0.29) is 11.5 Å². The molecule has 1 aromatic rings. The summed E-state index contributed by atoms with van der Waals surface area (Å²) < 4.78 is 17.2. The van der Waals surface area contributed by atoms with E-state index in [0.29, 0.717) is 22.9 Å². The Morgan fingerprint density at radius 3 is 2.67 bits per heavy atom. The van der Waals surface area contributed by atoms with Crippen molar-refractivity contribution in [1.82, 2.24) is 10.1 Å². The first-order chi connectivity index (χ1) is 13.1. The zero-order chi connectivity index (χ0) is 18.9. The molecule has 6 nitrogen and oxygen atoms in total. The van der Waals surface area contributed by atoms with Crippen LogP contribution in [0.25, 0.3) is 0 Å². The molecule has 1 aromatic heterocycles. The Kier molecular flexibility index (Phi) is 5.55. The molecule has 2 saturated heterocycles. The number of rotatable bonds is 6. The molecule has 0 N–H and O–H groups in total. The maximum atomic E-state index is 12.8. The van der Waals surface area contributed by atoms with Crippen LogP contribution in [0.1, 0.15) is 66.8 Å². The van der Waals surface area contributed by atoms with Crippen molar-refractivity contribution in [1.29, 1.82) is 0 Å². The first-order valence-electron chi connectivity index (χ1n) is 10.5. The van der Waals surface area contributed by atoms with Crippen LogP contribution in [-0.2, 0) is 9.47 Å². The molecule has 1 unspecified atom stereocenters. The fourth-order valence-electron chi connectivity index (χ4n) is 4.57. The fourth-order valence-corrected chi connectivity index (χ4v) is 4.57. The van der Waals surface area contributed by atoms with Gasteiger partial charge in [0.15, 0.2) is 0 Å². The number of likely N-dealkylation sites (tertiary alicyclic amines) is 1. The van der Waals surface area contributed by atoms with E-state index in [2.05, 4.69) is 5.16 Å². The first-order valence-corrected chi connectivity index (χ1v) is 10.5. The summed E-state index contributed by atoms with van der Waals surface area (Å²) in [5, 5.41) is 3.92. The van der Waals surface area contributed by atoms with Crippen LogP contribution in [0.3, 0.4) is 0 Å². The minimum Gasteiger partial charge on any atom is -0.381 e. The van der Waals surface area contributed by atoms with Gasteiger partial charge in [-0.05, 0) is 70.6 Å². The summed E-state index contributed by atoms with van der Waals surface area (Å²) in [6.07, 6.45) is 7.92. The average Bonchev–Trinajstić information content (AvgIpc) is 3.43. The second-order valence-corrected chi connectivity index (χ2v) is 8.69. The summed E-state index contributed by atoms with van der Waals surface area (Å²) in [6.45, 7) is 7.79. The Balaban J connectivity index is 1.27. The monoisotopic (exact) mass is 376 g/mol. The number of carbonyl (C=O) groups is 1. The van der Waals surface area contributed by atoms with Crippen LogP contribution in [-0.4, -0.2) is 54.5 Å². The van der Waals surface area contributed by atoms with Gasteiger partial charge in [-0.15, -0.1) is 0 Å². The van der Waals surface area contributed by atoms with Gasteiger partial charge in [0.2, 0.25) is 0 Å². The molecule has 2 aliphatic heterocycles. The van der Waals surface area contributed by atoms with Crippen molar-refractivity contribution in [3.63, 3.8) is 0 Å². The van der Waals surface area contributed by atoms with Crippen LogP contribution in [0.4, 0.5) is 0 Å². The minimum absolute atomic E-state index is 0.0435. The highest BCUT2D eigenvalue weighted by molar-refractivity contribution is 5.96.